The molecule has 0 saturated heterocycles. The van der Waals surface area contributed by atoms with Crippen molar-refractivity contribution < 1.29 is 0 Å². The number of anilines is 1. The van der Waals surface area contributed by atoms with E-state index in [2.05, 4.69) is 55.0 Å². The first-order chi connectivity index (χ1) is 10.7. The van der Waals surface area contributed by atoms with Gasteiger partial charge in [0.1, 0.15) is 0 Å². The molecule has 0 bridgehead atoms. The fourth-order valence-electron chi connectivity index (χ4n) is 1.67. The van der Waals surface area contributed by atoms with Crippen molar-refractivity contribution in [3.8, 4) is 0 Å². The summed E-state index contributed by atoms with van der Waals surface area (Å²) in [6.07, 6.45) is 7.86. The molecule has 2 N–H and O–H groups in total. The first-order valence-electron chi connectivity index (χ1n) is 7.19. The summed E-state index contributed by atoms with van der Waals surface area (Å²) >= 11 is 0. The van der Waals surface area contributed by atoms with Crippen molar-refractivity contribution >= 4 is 27.3 Å². The van der Waals surface area contributed by atoms with Crippen LogP contribution < -0.4 is 10.6 Å². The predicted molar refractivity (Wildman–Crippen MR) is 104 cm³/mol. The minimum atomic E-state index is 0.764. The Bertz CT molecular complexity index is 548. The first kappa shape index (κ1) is 18.5. The van der Waals surface area contributed by atoms with Gasteiger partial charge in [0.05, 0.1) is 0 Å². The predicted octanol–water partition coefficient (Wildman–Crippen LogP) is 5.61. The molecule has 4 heteroatoms. The second kappa shape index (κ2) is 11.1. The van der Waals surface area contributed by atoms with E-state index >= 15 is 0 Å². The molecule has 0 heterocycles. The molecule has 0 aliphatic heterocycles. The summed E-state index contributed by atoms with van der Waals surface area (Å²) in [5, 5.41) is 6.73. The number of para-hydroxylation sites is 1. The van der Waals surface area contributed by atoms with Gasteiger partial charge in [-0.15, -0.1) is 13.2 Å². The molecule has 0 aliphatic carbocycles. The molecule has 0 radical (unpaired) electrons. The SMILES string of the molecule is C=CCNC(/C=C\C)=C(/C)SSc1ccccc1NCC=C. The van der Waals surface area contributed by atoms with Gasteiger partial charge in [-0.05, 0) is 32.1 Å². The molecule has 0 spiro atoms. The van der Waals surface area contributed by atoms with E-state index in [0.29, 0.717) is 0 Å². The summed E-state index contributed by atoms with van der Waals surface area (Å²) in [5.74, 6) is 0. The fraction of sp³-hybridized carbons (Fsp3) is 0.222. The van der Waals surface area contributed by atoms with Crippen molar-refractivity contribution in [2.24, 2.45) is 0 Å². The van der Waals surface area contributed by atoms with Crippen LogP contribution in [0.15, 0.2) is 77.2 Å². The molecule has 1 aromatic carbocycles. The van der Waals surface area contributed by atoms with Gasteiger partial charge in [0.2, 0.25) is 0 Å². The van der Waals surface area contributed by atoms with Gasteiger partial charge in [0, 0.05) is 34.3 Å². The Balaban J connectivity index is 2.78. The molecule has 0 unspecified atom stereocenters. The van der Waals surface area contributed by atoms with Gasteiger partial charge in [0.15, 0.2) is 0 Å². The van der Waals surface area contributed by atoms with Crippen LogP contribution in [0.5, 0.6) is 0 Å². The smallest absolute Gasteiger partial charge is 0.0489 e. The summed E-state index contributed by atoms with van der Waals surface area (Å²) in [7, 11) is 3.51. The van der Waals surface area contributed by atoms with E-state index in [4.69, 9.17) is 0 Å². The number of rotatable bonds is 10. The first-order valence-corrected chi connectivity index (χ1v) is 9.34. The quantitative estimate of drug-likeness (QED) is 0.330. The van der Waals surface area contributed by atoms with Crippen LogP contribution in [-0.4, -0.2) is 13.1 Å². The maximum atomic E-state index is 3.75. The zero-order valence-corrected chi connectivity index (χ0v) is 14.9. The third-order valence-corrected chi connectivity index (χ3v) is 5.36. The molecule has 1 rings (SSSR count). The van der Waals surface area contributed by atoms with Crippen LogP contribution in [0.1, 0.15) is 13.8 Å². The molecule has 0 fully saturated rings. The van der Waals surface area contributed by atoms with Crippen molar-refractivity contribution in [3.63, 3.8) is 0 Å². The summed E-state index contributed by atoms with van der Waals surface area (Å²) in [6, 6.07) is 8.32. The van der Waals surface area contributed by atoms with Crippen LogP contribution in [0.2, 0.25) is 0 Å². The van der Waals surface area contributed by atoms with E-state index < -0.39 is 0 Å². The van der Waals surface area contributed by atoms with E-state index in [1.807, 2.05) is 31.2 Å². The number of hydrogen-bond acceptors (Lipinski definition) is 4. The minimum Gasteiger partial charge on any atom is -0.381 e. The van der Waals surface area contributed by atoms with Crippen LogP contribution in [0.4, 0.5) is 5.69 Å². The Morgan fingerprint density at radius 1 is 1.18 bits per heavy atom. The van der Waals surface area contributed by atoms with Gasteiger partial charge < -0.3 is 10.6 Å². The van der Waals surface area contributed by atoms with Crippen molar-refractivity contribution in [2.75, 3.05) is 18.4 Å². The molecular formula is C18H24N2S2. The van der Waals surface area contributed by atoms with Crippen LogP contribution in [0.25, 0.3) is 0 Å². The maximum Gasteiger partial charge on any atom is 0.0489 e. The normalized spacial score (nSPS) is 11.9. The van der Waals surface area contributed by atoms with Crippen molar-refractivity contribution in [1.29, 1.82) is 0 Å². The Hall–Kier alpha value is -1.52. The second-order valence-electron chi connectivity index (χ2n) is 4.47. The topological polar surface area (TPSA) is 24.1 Å². The summed E-state index contributed by atoms with van der Waals surface area (Å²) in [4.78, 5) is 2.46. The highest BCUT2D eigenvalue weighted by molar-refractivity contribution is 8.78. The highest BCUT2D eigenvalue weighted by atomic mass is 33.1. The average Bonchev–Trinajstić information content (AvgIpc) is 2.55. The van der Waals surface area contributed by atoms with Crippen molar-refractivity contribution in [2.45, 2.75) is 18.7 Å². The second-order valence-corrected chi connectivity index (χ2v) is 6.86. The zero-order valence-electron chi connectivity index (χ0n) is 13.3. The maximum absolute atomic E-state index is 3.75. The molecule has 0 atom stereocenters. The highest BCUT2D eigenvalue weighted by Gasteiger charge is 2.05. The van der Waals surface area contributed by atoms with E-state index in [0.717, 1.165) is 24.5 Å². The van der Waals surface area contributed by atoms with Gasteiger partial charge >= 0.3 is 0 Å². The Morgan fingerprint density at radius 3 is 2.59 bits per heavy atom. The van der Waals surface area contributed by atoms with E-state index in [1.54, 1.807) is 21.6 Å². The van der Waals surface area contributed by atoms with Gasteiger partial charge in [0.25, 0.3) is 0 Å². The zero-order chi connectivity index (χ0) is 16.2. The van der Waals surface area contributed by atoms with Crippen LogP contribution in [0, 0.1) is 0 Å². The summed E-state index contributed by atoms with van der Waals surface area (Å²) in [6.45, 7) is 13.2. The standard InChI is InChI=1S/C18H24N2S2/c1-5-10-16(19-13-6-2)15(4)21-22-18-12-9-8-11-17(18)20-14-7-3/h5-12,19-20H,2-3,13-14H2,1,4H3/b10-5-,16-15-. The fourth-order valence-corrected chi connectivity index (χ4v) is 3.83. The largest absolute Gasteiger partial charge is 0.381 e. The molecule has 0 aliphatic rings. The third-order valence-electron chi connectivity index (χ3n) is 2.73. The van der Waals surface area contributed by atoms with Crippen LogP contribution >= 0.6 is 21.6 Å². The lowest BCUT2D eigenvalue weighted by atomic mass is 10.3. The Morgan fingerprint density at radius 2 is 1.91 bits per heavy atom. The lowest BCUT2D eigenvalue weighted by molar-refractivity contribution is 0.930. The highest BCUT2D eigenvalue weighted by Crippen LogP contribution is 2.41. The number of nitrogens with one attached hydrogen (secondary N) is 2. The molecule has 0 aromatic heterocycles. The van der Waals surface area contributed by atoms with Crippen molar-refractivity contribution in [1.82, 2.24) is 5.32 Å². The number of hydrogen-bond donors (Lipinski definition) is 2. The Labute approximate surface area is 142 Å². The monoisotopic (exact) mass is 332 g/mol. The lowest BCUT2D eigenvalue weighted by Gasteiger charge is -2.12. The molecule has 1 aromatic rings. The van der Waals surface area contributed by atoms with Crippen LogP contribution in [-0.2, 0) is 0 Å². The Kier molecular flexibility index (Phi) is 9.35. The van der Waals surface area contributed by atoms with Crippen LogP contribution in [0.3, 0.4) is 0 Å². The summed E-state index contributed by atoms with van der Waals surface area (Å²) in [5.41, 5.74) is 2.27. The number of benzene rings is 1. The lowest BCUT2D eigenvalue weighted by Crippen LogP contribution is -2.12. The van der Waals surface area contributed by atoms with E-state index in [9.17, 15) is 0 Å². The van der Waals surface area contributed by atoms with Gasteiger partial charge in [-0.2, -0.15) is 0 Å². The number of allylic oxidation sites excluding steroid dienone is 3. The molecule has 0 amide bonds. The van der Waals surface area contributed by atoms with Gasteiger partial charge in [-0.25, -0.2) is 0 Å². The molecule has 118 valence electrons. The minimum absolute atomic E-state index is 0.764. The van der Waals surface area contributed by atoms with E-state index in [-0.39, 0.29) is 0 Å². The summed E-state index contributed by atoms with van der Waals surface area (Å²) < 4.78 is 0. The van der Waals surface area contributed by atoms with Gasteiger partial charge in [-0.3, -0.25) is 0 Å². The molecular weight excluding hydrogens is 308 g/mol. The molecule has 2 nitrogen and oxygen atoms in total. The van der Waals surface area contributed by atoms with Gasteiger partial charge in [-0.1, -0.05) is 51.9 Å². The molecule has 0 saturated carbocycles. The van der Waals surface area contributed by atoms with E-state index in [1.165, 1.54) is 9.80 Å². The molecule has 22 heavy (non-hydrogen) atoms. The third kappa shape index (κ3) is 6.50. The average molecular weight is 333 g/mol. The van der Waals surface area contributed by atoms with Crippen molar-refractivity contribution in [3.05, 3.63) is 72.3 Å².